The molecule has 114 valence electrons. The average molecular weight is 362 g/mol. The molecule has 0 radical (unpaired) electrons. The van der Waals surface area contributed by atoms with Crippen LogP contribution in [0.25, 0.3) is 0 Å². The van der Waals surface area contributed by atoms with Gasteiger partial charge in [0.1, 0.15) is 4.90 Å². The van der Waals surface area contributed by atoms with E-state index in [1.54, 1.807) is 15.6 Å². The fraction of sp³-hybridized carbons (Fsp3) is 0.429. The van der Waals surface area contributed by atoms with Gasteiger partial charge in [-0.1, -0.05) is 0 Å². The molecule has 0 saturated carbocycles. The quantitative estimate of drug-likeness (QED) is 0.769. The standard InChI is InChI=1S/C14H16ClNO2S3/c1-9-8-20-13(7-15)14(9)21(17,18)16-5-3-12-11(10(16)2)4-6-19-12/h4,6,8,10H,3,5,7H2,1-2H3. The Hall–Kier alpha value is -0.400. The van der Waals surface area contributed by atoms with Gasteiger partial charge in [-0.2, -0.15) is 4.31 Å². The first-order valence-electron chi connectivity index (χ1n) is 6.68. The highest BCUT2D eigenvalue weighted by Crippen LogP contribution is 2.39. The molecule has 0 aromatic carbocycles. The third-order valence-corrected chi connectivity index (χ3v) is 8.75. The molecule has 7 heteroatoms. The Bertz CT molecular complexity index is 763. The third kappa shape index (κ3) is 2.47. The molecule has 1 atom stereocenters. The Labute approximate surface area is 138 Å². The Balaban J connectivity index is 2.06. The predicted molar refractivity (Wildman–Crippen MR) is 88.9 cm³/mol. The maximum atomic E-state index is 13.1. The molecule has 0 spiro atoms. The number of nitrogens with zero attached hydrogens (tertiary/aromatic N) is 1. The van der Waals surface area contributed by atoms with Crippen molar-refractivity contribution in [2.24, 2.45) is 0 Å². The molecule has 1 aliphatic heterocycles. The van der Waals surface area contributed by atoms with E-state index in [1.807, 2.05) is 30.7 Å². The number of hydrogen-bond acceptors (Lipinski definition) is 4. The van der Waals surface area contributed by atoms with Crippen LogP contribution in [-0.4, -0.2) is 19.3 Å². The summed E-state index contributed by atoms with van der Waals surface area (Å²) in [5, 5.41) is 3.91. The topological polar surface area (TPSA) is 37.4 Å². The minimum atomic E-state index is -3.50. The maximum absolute atomic E-state index is 13.1. The molecule has 3 nitrogen and oxygen atoms in total. The van der Waals surface area contributed by atoms with Crippen LogP contribution in [-0.2, 0) is 22.3 Å². The van der Waals surface area contributed by atoms with E-state index in [0.717, 1.165) is 22.4 Å². The van der Waals surface area contributed by atoms with Crippen molar-refractivity contribution in [1.29, 1.82) is 0 Å². The molecule has 0 bridgehead atoms. The van der Waals surface area contributed by atoms with E-state index in [2.05, 4.69) is 0 Å². The zero-order chi connectivity index (χ0) is 15.2. The van der Waals surface area contributed by atoms with Crippen molar-refractivity contribution in [2.75, 3.05) is 6.54 Å². The van der Waals surface area contributed by atoms with Crippen LogP contribution in [0.3, 0.4) is 0 Å². The van der Waals surface area contributed by atoms with Crippen molar-refractivity contribution in [1.82, 2.24) is 4.31 Å². The highest BCUT2D eigenvalue weighted by atomic mass is 35.5. The fourth-order valence-electron chi connectivity index (χ4n) is 2.86. The second-order valence-electron chi connectivity index (χ2n) is 5.15. The molecule has 0 saturated heterocycles. The van der Waals surface area contributed by atoms with E-state index < -0.39 is 10.0 Å². The van der Waals surface area contributed by atoms with Gasteiger partial charge in [0.15, 0.2) is 0 Å². The molecule has 0 amide bonds. The van der Waals surface area contributed by atoms with Gasteiger partial charge < -0.3 is 0 Å². The molecule has 3 rings (SSSR count). The predicted octanol–water partition coefficient (Wildman–Crippen LogP) is 4.16. The van der Waals surface area contributed by atoms with Crippen molar-refractivity contribution < 1.29 is 8.42 Å². The molecule has 2 aromatic rings. The second-order valence-corrected chi connectivity index (χ2v) is 9.21. The summed E-state index contributed by atoms with van der Waals surface area (Å²) in [5.41, 5.74) is 1.93. The first kappa shape index (κ1) is 15.5. The number of sulfonamides is 1. The van der Waals surface area contributed by atoms with Crippen LogP contribution in [0, 0.1) is 6.92 Å². The summed E-state index contributed by atoms with van der Waals surface area (Å²) in [4.78, 5) is 2.44. The van der Waals surface area contributed by atoms with Gasteiger partial charge in [-0.15, -0.1) is 34.3 Å². The molecular weight excluding hydrogens is 346 g/mol. The monoisotopic (exact) mass is 361 g/mol. The van der Waals surface area contributed by atoms with Gasteiger partial charge in [0, 0.05) is 22.3 Å². The number of fused-ring (bicyclic) bond motifs is 1. The van der Waals surface area contributed by atoms with Gasteiger partial charge in [0.25, 0.3) is 0 Å². The molecule has 0 aliphatic carbocycles. The van der Waals surface area contributed by atoms with Crippen LogP contribution in [0.15, 0.2) is 21.7 Å². The van der Waals surface area contributed by atoms with Gasteiger partial charge in [-0.05, 0) is 48.2 Å². The lowest BCUT2D eigenvalue weighted by Gasteiger charge is -2.32. The first-order chi connectivity index (χ1) is 9.96. The van der Waals surface area contributed by atoms with E-state index in [1.165, 1.54) is 16.2 Å². The molecular formula is C14H16ClNO2S3. The van der Waals surface area contributed by atoms with Gasteiger partial charge in [-0.25, -0.2) is 8.42 Å². The van der Waals surface area contributed by atoms with E-state index in [4.69, 9.17) is 11.6 Å². The number of hydrogen-bond donors (Lipinski definition) is 0. The maximum Gasteiger partial charge on any atom is 0.245 e. The minimum absolute atomic E-state index is 0.118. The molecule has 1 aliphatic rings. The molecule has 2 aromatic heterocycles. The lowest BCUT2D eigenvalue weighted by molar-refractivity contribution is 0.329. The largest absolute Gasteiger partial charge is 0.245 e. The van der Waals surface area contributed by atoms with Crippen LogP contribution in [0.2, 0.25) is 0 Å². The summed E-state index contributed by atoms with van der Waals surface area (Å²) in [6, 6.07) is 1.92. The lowest BCUT2D eigenvalue weighted by Crippen LogP contribution is -2.38. The molecule has 0 N–H and O–H groups in total. The number of thiophene rings is 2. The molecule has 1 unspecified atom stereocenters. The van der Waals surface area contributed by atoms with Crippen molar-refractivity contribution >= 4 is 44.3 Å². The Kier molecular flexibility index (Phi) is 4.18. The highest BCUT2D eigenvalue weighted by molar-refractivity contribution is 7.89. The highest BCUT2D eigenvalue weighted by Gasteiger charge is 2.36. The fourth-order valence-corrected chi connectivity index (χ4v) is 7.45. The molecule has 0 fully saturated rings. The van der Waals surface area contributed by atoms with Crippen molar-refractivity contribution in [3.63, 3.8) is 0 Å². The van der Waals surface area contributed by atoms with Crippen molar-refractivity contribution in [2.45, 2.75) is 37.1 Å². The molecule has 3 heterocycles. The van der Waals surface area contributed by atoms with Gasteiger partial charge >= 0.3 is 0 Å². The van der Waals surface area contributed by atoms with Crippen molar-refractivity contribution in [3.8, 4) is 0 Å². The summed E-state index contributed by atoms with van der Waals surface area (Å²) in [5.74, 6) is 0.235. The van der Waals surface area contributed by atoms with Crippen LogP contribution >= 0.6 is 34.3 Å². The number of rotatable bonds is 3. The average Bonchev–Trinajstić information content (AvgIpc) is 3.05. The summed E-state index contributed by atoms with van der Waals surface area (Å²) in [7, 11) is -3.50. The van der Waals surface area contributed by atoms with Gasteiger partial charge in [-0.3, -0.25) is 0 Å². The van der Waals surface area contributed by atoms with Crippen LogP contribution in [0.5, 0.6) is 0 Å². The van der Waals surface area contributed by atoms with Crippen LogP contribution in [0.4, 0.5) is 0 Å². The zero-order valence-electron chi connectivity index (χ0n) is 11.8. The summed E-state index contributed by atoms with van der Waals surface area (Å²) in [6.07, 6.45) is 0.788. The number of alkyl halides is 1. The first-order valence-corrected chi connectivity index (χ1v) is 10.4. The van der Waals surface area contributed by atoms with E-state index in [0.29, 0.717) is 11.4 Å². The number of aryl methyl sites for hydroxylation is 1. The van der Waals surface area contributed by atoms with E-state index >= 15 is 0 Å². The third-order valence-electron chi connectivity index (χ3n) is 3.90. The summed E-state index contributed by atoms with van der Waals surface area (Å²) < 4.78 is 27.8. The Morgan fingerprint density at radius 2 is 2.19 bits per heavy atom. The zero-order valence-corrected chi connectivity index (χ0v) is 15.0. The Morgan fingerprint density at radius 3 is 2.90 bits per heavy atom. The lowest BCUT2D eigenvalue weighted by atomic mass is 10.0. The van der Waals surface area contributed by atoms with Crippen LogP contribution in [0.1, 0.15) is 33.8 Å². The van der Waals surface area contributed by atoms with E-state index in [-0.39, 0.29) is 11.9 Å². The second kappa shape index (κ2) is 5.66. The molecule has 21 heavy (non-hydrogen) atoms. The smallest absolute Gasteiger partial charge is 0.207 e. The summed E-state index contributed by atoms with van der Waals surface area (Å²) >= 11 is 9.05. The Morgan fingerprint density at radius 1 is 1.43 bits per heavy atom. The van der Waals surface area contributed by atoms with Crippen molar-refractivity contribution in [3.05, 3.63) is 37.7 Å². The van der Waals surface area contributed by atoms with Gasteiger partial charge in [0.05, 0.1) is 5.88 Å². The number of halogens is 1. The normalized spacial score (nSPS) is 19.7. The van der Waals surface area contributed by atoms with Gasteiger partial charge in [0.2, 0.25) is 10.0 Å². The summed E-state index contributed by atoms with van der Waals surface area (Å²) in [6.45, 7) is 4.34. The minimum Gasteiger partial charge on any atom is -0.207 e. The van der Waals surface area contributed by atoms with Crippen LogP contribution < -0.4 is 0 Å². The SMILES string of the molecule is Cc1csc(CCl)c1S(=O)(=O)N1CCc2sccc2C1C. The van der Waals surface area contributed by atoms with E-state index in [9.17, 15) is 8.42 Å².